The van der Waals surface area contributed by atoms with E-state index in [-0.39, 0.29) is 0 Å². The molecule has 0 radical (unpaired) electrons. The van der Waals surface area contributed by atoms with Crippen molar-refractivity contribution in [3.05, 3.63) is 35.4 Å². The van der Waals surface area contributed by atoms with Crippen LogP contribution in [0.15, 0.2) is 24.3 Å². The first kappa shape index (κ1) is 11.6. The van der Waals surface area contributed by atoms with Gasteiger partial charge in [-0.2, -0.15) is 0 Å². The van der Waals surface area contributed by atoms with E-state index in [0.29, 0.717) is 6.04 Å². The van der Waals surface area contributed by atoms with Crippen LogP contribution in [0.1, 0.15) is 31.9 Å². The number of fused-ring (bicyclic) bond motifs is 1. The highest BCUT2D eigenvalue weighted by molar-refractivity contribution is 7.77. The van der Waals surface area contributed by atoms with E-state index in [2.05, 4.69) is 48.3 Å². The molecule has 1 heterocycles. The summed E-state index contributed by atoms with van der Waals surface area (Å²) >= 11 is 4.41. The quantitative estimate of drug-likeness (QED) is 0.642. The van der Waals surface area contributed by atoms with Gasteiger partial charge < -0.3 is 0 Å². The van der Waals surface area contributed by atoms with Gasteiger partial charge in [0, 0.05) is 12.6 Å². The van der Waals surface area contributed by atoms with E-state index < -0.39 is 0 Å². The number of hydrogen-bond acceptors (Lipinski definition) is 2. The third-order valence-corrected chi connectivity index (χ3v) is 3.01. The lowest BCUT2D eigenvalue weighted by atomic mass is 9.97. The summed E-state index contributed by atoms with van der Waals surface area (Å²) in [6, 6.07) is 9.16. The molecular formula is C12H19NS. The van der Waals surface area contributed by atoms with Crippen molar-refractivity contribution in [2.24, 2.45) is 0 Å². The molecule has 1 aliphatic heterocycles. The molecule has 2 rings (SSSR count). The number of nitrogens with zero attached hydrogens (tertiary/aromatic N) is 1. The van der Waals surface area contributed by atoms with Gasteiger partial charge in [-0.05, 0) is 24.5 Å². The summed E-state index contributed by atoms with van der Waals surface area (Å²) in [7, 11) is 0. The summed E-state index contributed by atoms with van der Waals surface area (Å²) in [6.45, 7) is 7.18. The molecule has 0 bridgehead atoms. The molecule has 1 aromatic rings. The predicted octanol–water partition coefficient (Wildman–Crippen LogP) is 3.30. The zero-order chi connectivity index (χ0) is 10.6. The summed E-state index contributed by atoms with van der Waals surface area (Å²) in [5.74, 6) is 0. The van der Waals surface area contributed by atoms with E-state index in [1.54, 1.807) is 0 Å². The first-order chi connectivity index (χ1) is 6.77. The summed E-state index contributed by atoms with van der Waals surface area (Å²) < 4.78 is 2.10. The molecule has 1 aromatic carbocycles. The second-order valence-corrected chi connectivity index (χ2v) is 3.93. The second-order valence-electron chi connectivity index (χ2n) is 3.42. The number of hydrogen-bond donors (Lipinski definition) is 1. The van der Waals surface area contributed by atoms with Crippen LogP contribution in [-0.4, -0.2) is 10.3 Å². The molecular weight excluding hydrogens is 190 g/mol. The molecule has 0 saturated heterocycles. The summed E-state index contributed by atoms with van der Waals surface area (Å²) in [5.41, 5.74) is 2.90. The van der Waals surface area contributed by atoms with Crippen molar-refractivity contribution < 1.29 is 0 Å². The lowest BCUT2D eigenvalue weighted by Gasteiger charge is -2.30. The van der Waals surface area contributed by atoms with Gasteiger partial charge in [-0.15, -0.1) is 0 Å². The lowest BCUT2D eigenvalue weighted by Crippen LogP contribution is -2.31. The Balaban J connectivity index is 0.000000461. The average Bonchev–Trinajstić information content (AvgIpc) is 2.23. The molecule has 1 atom stereocenters. The molecule has 0 spiro atoms. The maximum atomic E-state index is 4.41. The van der Waals surface area contributed by atoms with E-state index in [4.69, 9.17) is 0 Å². The van der Waals surface area contributed by atoms with E-state index in [0.717, 1.165) is 13.0 Å². The minimum atomic E-state index is 0.559. The van der Waals surface area contributed by atoms with Crippen LogP contribution in [0.2, 0.25) is 0 Å². The fourth-order valence-corrected chi connectivity index (χ4v) is 1.90. The topological polar surface area (TPSA) is 3.24 Å². The molecule has 0 amide bonds. The van der Waals surface area contributed by atoms with Crippen molar-refractivity contribution in [1.29, 1.82) is 0 Å². The van der Waals surface area contributed by atoms with Gasteiger partial charge >= 0.3 is 0 Å². The second kappa shape index (κ2) is 5.42. The minimum absolute atomic E-state index is 0.559. The lowest BCUT2D eigenvalue weighted by molar-refractivity contribution is 0.347. The smallest absolute Gasteiger partial charge is 0.0344 e. The van der Waals surface area contributed by atoms with Crippen LogP contribution >= 0.6 is 12.8 Å². The molecule has 1 nitrogen and oxygen atoms in total. The van der Waals surface area contributed by atoms with Gasteiger partial charge in [0.2, 0.25) is 0 Å². The number of rotatable bonds is 0. The molecule has 14 heavy (non-hydrogen) atoms. The maximum absolute atomic E-state index is 4.41. The zero-order valence-electron chi connectivity index (χ0n) is 9.20. The van der Waals surface area contributed by atoms with Crippen LogP contribution in [0.25, 0.3) is 0 Å². The Bertz CT molecular complexity index is 256. The summed E-state index contributed by atoms with van der Waals surface area (Å²) in [4.78, 5) is 0. The van der Waals surface area contributed by atoms with Crippen molar-refractivity contribution in [3.63, 3.8) is 0 Å². The van der Waals surface area contributed by atoms with Crippen LogP contribution in [-0.2, 0) is 13.0 Å². The normalized spacial score (nSPS) is 20.7. The number of benzene rings is 1. The molecule has 0 saturated carbocycles. The zero-order valence-corrected chi connectivity index (χ0v) is 10.1. The van der Waals surface area contributed by atoms with Gasteiger partial charge in [0.05, 0.1) is 0 Å². The molecule has 0 aromatic heterocycles. The van der Waals surface area contributed by atoms with Crippen LogP contribution in [0.5, 0.6) is 0 Å². The van der Waals surface area contributed by atoms with E-state index in [1.165, 1.54) is 11.1 Å². The Morgan fingerprint density at radius 1 is 1.21 bits per heavy atom. The summed E-state index contributed by atoms with van der Waals surface area (Å²) in [5, 5.41) is 0. The maximum Gasteiger partial charge on any atom is 0.0344 e. The Labute approximate surface area is 92.7 Å². The van der Waals surface area contributed by atoms with Crippen LogP contribution in [0.3, 0.4) is 0 Å². The first-order valence-corrected chi connectivity index (χ1v) is 5.69. The molecule has 0 aliphatic carbocycles. The third-order valence-electron chi connectivity index (χ3n) is 2.47. The Morgan fingerprint density at radius 2 is 1.79 bits per heavy atom. The van der Waals surface area contributed by atoms with Crippen molar-refractivity contribution in [1.82, 2.24) is 4.31 Å². The van der Waals surface area contributed by atoms with Gasteiger partial charge in [-0.1, -0.05) is 50.9 Å². The van der Waals surface area contributed by atoms with Gasteiger partial charge in [0.25, 0.3) is 0 Å². The van der Waals surface area contributed by atoms with Gasteiger partial charge in [-0.3, -0.25) is 0 Å². The van der Waals surface area contributed by atoms with Gasteiger partial charge in [-0.25, -0.2) is 4.31 Å². The van der Waals surface area contributed by atoms with Gasteiger partial charge in [0.1, 0.15) is 0 Å². The van der Waals surface area contributed by atoms with E-state index in [9.17, 15) is 0 Å². The largest absolute Gasteiger partial charge is 0.246 e. The standard InChI is InChI=1S/C10H13NS.C2H6/c1-8-6-9-4-2-3-5-10(9)7-11(8)12;1-2/h2-5,8,12H,6-7H2,1H3;1-2H3. The van der Waals surface area contributed by atoms with Gasteiger partial charge in [0.15, 0.2) is 0 Å². The fraction of sp³-hybridized carbons (Fsp3) is 0.500. The van der Waals surface area contributed by atoms with Crippen LogP contribution in [0, 0.1) is 0 Å². The van der Waals surface area contributed by atoms with Crippen molar-refractivity contribution >= 4 is 12.8 Å². The Morgan fingerprint density at radius 3 is 2.43 bits per heavy atom. The molecule has 0 N–H and O–H groups in total. The molecule has 2 heteroatoms. The van der Waals surface area contributed by atoms with Crippen LogP contribution < -0.4 is 0 Å². The first-order valence-electron chi connectivity index (χ1n) is 5.29. The van der Waals surface area contributed by atoms with E-state index >= 15 is 0 Å². The fourth-order valence-electron chi connectivity index (χ4n) is 1.66. The minimum Gasteiger partial charge on any atom is -0.246 e. The average molecular weight is 209 g/mol. The molecule has 1 aliphatic rings. The van der Waals surface area contributed by atoms with Crippen molar-refractivity contribution in [2.45, 2.75) is 39.8 Å². The van der Waals surface area contributed by atoms with E-state index in [1.807, 2.05) is 13.8 Å². The van der Waals surface area contributed by atoms with Crippen molar-refractivity contribution in [3.8, 4) is 0 Å². The molecule has 78 valence electrons. The predicted molar refractivity (Wildman–Crippen MR) is 65.5 cm³/mol. The highest BCUT2D eigenvalue weighted by Crippen LogP contribution is 2.23. The third kappa shape index (κ3) is 2.52. The molecule has 0 fully saturated rings. The highest BCUT2D eigenvalue weighted by Gasteiger charge is 2.19. The SMILES string of the molecule is CC.CC1Cc2ccccc2CN1S. The summed E-state index contributed by atoms with van der Waals surface area (Å²) in [6.07, 6.45) is 1.12. The van der Waals surface area contributed by atoms with Crippen LogP contribution in [0.4, 0.5) is 0 Å². The Hall–Kier alpha value is -0.470. The monoisotopic (exact) mass is 209 g/mol. The Kier molecular flexibility index (Phi) is 4.49. The molecule has 1 unspecified atom stereocenters. The number of thiol groups is 1. The highest BCUT2D eigenvalue weighted by atomic mass is 32.1. The van der Waals surface area contributed by atoms with Crippen molar-refractivity contribution in [2.75, 3.05) is 0 Å².